The molecule has 1 aromatic rings. The molecule has 122 valence electrons. The molecule has 7 heteroatoms. The highest BCUT2D eigenvalue weighted by atomic mass is 19.4. The van der Waals surface area contributed by atoms with Gasteiger partial charge in [-0.25, -0.2) is 0 Å². The summed E-state index contributed by atoms with van der Waals surface area (Å²) in [5.41, 5.74) is -2.39. The number of likely N-dealkylation sites (N-methyl/N-ethyl adjacent to an activating group) is 1. The van der Waals surface area contributed by atoms with Crippen LogP contribution < -0.4 is 0 Å². The molecule has 1 atom stereocenters. The number of benzene rings is 1. The van der Waals surface area contributed by atoms with Crippen molar-refractivity contribution in [1.29, 1.82) is 0 Å². The average Bonchev–Trinajstić information content (AvgIpc) is 2.78. The van der Waals surface area contributed by atoms with Crippen molar-refractivity contribution in [3.63, 3.8) is 0 Å². The van der Waals surface area contributed by atoms with Crippen LogP contribution >= 0.6 is 0 Å². The molecule has 0 aromatic heterocycles. The Labute approximate surface area is 127 Å². The summed E-state index contributed by atoms with van der Waals surface area (Å²) in [4.78, 5) is 15.5. The maximum absolute atomic E-state index is 13.0. The van der Waals surface area contributed by atoms with Gasteiger partial charge in [-0.1, -0.05) is 12.1 Å². The number of hydrogen-bond donors (Lipinski definition) is 1. The van der Waals surface area contributed by atoms with Crippen molar-refractivity contribution >= 4 is 5.91 Å². The van der Waals surface area contributed by atoms with Crippen molar-refractivity contribution in [1.82, 2.24) is 9.80 Å². The van der Waals surface area contributed by atoms with E-state index in [4.69, 9.17) is 0 Å². The Balaban J connectivity index is 2.21. The standard InChI is InChI=1S/C15H19F3N2O2/c1-19(2)9-14(22)7-8-20(10-14)13(21)11-5-3-4-6-12(11)15(16,17)18/h3-6,22H,7-10H2,1-2H3. The maximum atomic E-state index is 13.0. The van der Waals surface area contributed by atoms with E-state index in [-0.39, 0.29) is 18.7 Å². The number of alkyl halides is 3. The predicted molar refractivity (Wildman–Crippen MR) is 75.5 cm³/mol. The lowest BCUT2D eigenvalue weighted by Gasteiger charge is -2.27. The van der Waals surface area contributed by atoms with Gasteiger partial charge in [-0.15, -0.1) is 0 Å². The molecule has 1 N–H and O–H groups in total. The van der Waals surface area contributed by atoms with E-state index < -0.39 is 23.2 Å². The fourth-order valence-corrected chi connectivity index (χ4v) is 2.83. The summed E-state index contributed by atoms with van der Waals surface area (Å²) in [5, 5.41) is 10.4. The van der Waals surface area contributed by atoms with Crippen molar-refractivity contribution in [2.45, 2.75) is 18.2 Å². The molecule has 0 bridgehead atoms. The van der Waals surface area contributed by atoms with Gasteiger partial charge >= 0.3 is 6.18 Å². The Morgan fingerprint density at radius 1 is 1.36 bits per heavy atom. The van der Waals surface area contributed by atoms with E-state index in [1.807, 2.05) is 0 Å². The number of halogens is 3. The monoisotopic (exact) mass is 316 g/mol. The molecule has 1 aromatic carbocycles. The van der Waals surface area contributed by atoms with Crippen LogP contribution in [0.4, 0.5) is 13.2 Å². The highest BCUT2D eigenvalue weighted by Gasteiger charge is 2.41. The lowest BCUT2D eigenvalue weighted by Crippen LogP contribution is -2.43. The highest BCUT2D eigenvalue weighted by molar-refractivity contribution is 5.96. The van der Waals surface area contributed by atoms with Crippen LogP contribution in [0.2, 0.25) is 0 Å². The molecule has 0 saturated carbocycles. The zero-order valence-corrected chi connectivity index (χ0v) is 12.5. The molecule has 0 spiro atoms. The molecule has 1 saturated heterocycles. The van der Waals surface area contributed by atoms with E-state index in [1.54, 1.807) is 19.0 Å². The zero-order valence-electron chi connectivity index (χ0n) is 12.5. The van der Waals surface area contributed by atoms with Crippen molar-refractivity contribution in [2.75, 3.05) is 33.7 Å². The van der Waals surface area contributed by atoms with Crippen molar-refractivity contribution in [3.05, 3.63) is 35.4 Å². The Morgan fingerprint density at radius 2 is 2.00 bits per heavy atom. The second-order valence-corrected chi connectivity index (χ2v) is 5.98. The van der Waals surface area contributed by atoms with Crippen LogP contribution in [0, 0.1) is 0 Å². The lowest BCUT2D eigenvalue weighted by atomic mass is 10.0. The van der Waals surface area contributed by atoms with E-state index >= 15 is 0 Å². The first kappa shape index (κ1) is 16.8. The zero-order chi connectivity index (χ0) is 16.5. The Morgan fingerprint density at radius 3 is 2.59 bits per heavy atom. The first-order valence-electron chi connectivity index (χ1n) is 6.95. The van der Waals surface area contributed by atoms with Crippen LogP contribution in [-0.4, -0.2) is 60.1 Å². The minimum absolute atomic E-state index is 0.0379. The number of amides is 1. The summed E-state index contributed by atoms with van der Waals surface area (Å²) in [5.74, 6) is -0.692. The largest absolute Gasteiger partial charge is 0.417 e. The van der Waals surface area contributed by atoms with E-state index in [0.29, 0.717) is 13.0 Å². The van der Waals surface area contributed by atoms with Gasteiger partial charge in [-0.05, 0) is 32.6 Å². The number of carbonyl (C=O) groups is 1. The summed E-state index contributed by atoms with van der Waals surface area (Å²) < 4.78 is 39.0. The molecule has 1 heterocycles. The van der Waals surface area contributed by atoms with Gasteiger partial charge in [0.25, 0.3) is 5.91 Å². The van der Waals surface area contributed by atoms with Crippen molar-refractivity contribution in [2.24, 2.45) is 0 Å². The number of rotatable bonds is 3. The number of carbonyl (C=O) groups excluding carboxylic acids is 1. The van der Waals surface area contributed by atoms with E-state index in [1.165, 1.54) is 23.1 Å². The average molecular weight is 316 g/mol. The third kappa shape index (κ3) is 3.59. The summed E-state index contributed by atoms with van der Waals surface area (Å²) in [6, 6.07) is 4.74. The molecule has 1 fully saturated rings. The molecule has 2 rings (SSSR count). The third-order valence-corrected chi connectivity index (χ3v) is 3.69. The van der Waals surface area contributed by atoms with E-state index in [0.717, 1.165) is 6.07 Å². The summed E-state index contributed by atoms with van der Waals surface area (Å²) in [6.45, 7) is 0.642. The molecule has 1 amide bonds. The highest BCUT2D eigenvalue weighted by Crippen LogP contribution is 2.33. The SMILES string of the molecule is CN(C)CC1(O)CCN(C(=O)c2ccccc2C(F)(F)F)C1. The van der Waals surface area contributed by atoms with E-state index in [2.05, 4.69) is 0 Å². The number of hydrogen-bond acceptors (Lipinski definition) is 3. The van der Waals surface area contributed by atoms with Crippen LogP contribution in [0.5, 0.6) is 0 Å². The molecule has 0 radical (unpaired) electrons. The first-order valence-corrected chi connectivity index (χ1v) is 6.95. The number of β-amino-alcohol motifs (C(OH)–C–C–N with tert-alkyl or cyclic N) is 1. The lowest BCUT2D eigenvalue weighted by molar-refractivity contribution is -0.138. The van der Waals surface area contributed by atoms with E-state index in [9.17, 15) is 23.1 Å². The molecule has 1 aliphatic heterocycles. The summed E-state index contributed by atoms with van der Waals surface area (Å²) in [6.07, 6.45) is -4.23. The van der Waals surface area contributed by atoms with Crippen LogP contribution in [0.3, 0.4) is 0 Å². The Bertz CT molecular complexity index is 560. The Kier molecular flexibility index (Phi) is 4.49. The fourth-order valence-electron chi connectivity index (χ4n) is 2.83. The normalized spacial score (nSPS) is 22.4. The summed E-state index contributed by atoms with van der Waals surface area (Å²) in [7, 11) is 3.59. The molecule has 22 heavy (non-hydrogen) atoms. The minimum atomic E-state index is -4.58. The third-order valence-electron chi connectivity index (χ3n) is 3.69. The van der Waals surface area contributed by atoms with Gasteiger partial charge in [0.2, 0.25) is 0 Å². The van der Waals surface area contributed by atoms with Gasteiger partial charge in [-0.2, -0.15) is 13.2 Å². The topological polar surface area (TPSA) is 43.8 Å². The van der Waals surface area contributed by atoms with Gasteiger partial charge in [0.05, 0.1) is 23.3 Å². The van der Waals surface area contributed by atoms with Gasteiger partial charge in [0.15, 0.2) is 0 Å². The second kappa shape index (κ2) is 5.89. The minimum Gasteiger partial charge on any atom is -0.387 e. The van der Waals surface area contributed by atoms with Crippen LogP contribution in [-0.2, 0) is 6.18 Å². The van der Waals surface area contributed by atoms with Gasteiger partial charge < -0.3 is 14.9 Å². The van der Waals surface area contributed by atoms with Gasteiger partial charge in [0.1, 0.15) is 0 Å². The number of likely N-dealkylation sites (tertiary alicyclic amines) is 1. The molecule has 0 aliphatic carbocycles. The molecular formula is C15H19F3N2O2. The summed E-state index contributed by atoms with van der Waals surface area (Å²) >= 11 is 0. The smallest absolute Gasteiger partial charge is 0.387 e. The quantitative estimate of drug-likeness (QED) is 0.925. The van der Waals surface area contributed by atoms with Crippen molar-refractivity contribution in [3.8, 4) is 0 Å². The molecule has 1 unspecified atom stereocenters. The van der Waals surface area contributed by atoms with Gasteiger partial charge in [0, 0.05) is 13.1 Å². The number of aliphatic hydroxyl groups is 1. The molecule has 4 nitrogen and oxygen atoms in total. The van der Waals surface area contributed by atoms with Crippen LogP contribution in [0.1, 0.15) is 22.3 Å². The van der Waals surface area contributed by atoms with Crippen molar-refractivity contribution < 1.29 is 23.1 Å². The second-order valence-electron chi connectivity index (χ2n) is 5.98. The first-order chi connectivity index (χ1) is 10.1. The maximum Gasteiger partial charge on any atom is 0.417 e. The molecule has 1 aliphatic rings. The predicted octanol–water partition coefficient (Wildman–Crippen LogP) is 1.84. The fraction of sp³-hybridized carbons (Fsp3) is 0.533. The Hall–Kier alpha value is -1.60. The number of nitrogens with zero attached hydrogens (tertiary/aromatic N) is 2. The van der Waals surface area contributed by atoms with Crippen LogP contribution in [0.15, 0.2) is 24.3 Å². The van der Waals surface area contributed by atoms with Crippen LogP contribution in [0.25, 0.3) is 0 Å². The molecular weight excluding hydrogens is 297 g/mol. The van der Waals surface area contributed by atoms with Gasteiger partial charge in [-0.3, -0.25) is 4.79 Å².